The van der Waals surface area contributed by atoms with Crippen LogP contribution in [0, 0.1) is 0 Å². The minimum atomic E-state index is -0.591. The summed E-state index contributed by atoms with van der Waals surface area (Å²) in [5, 5.41) is 2.56. The Morgan fingerprint density at radius 3 is 1.94 bits per heavy atom. The van der Waals surface area contributed by atoms with Gasteiger partial charge in [0.2, 0.25) is 0 Å². The van der Waals surface area contributed by atoms with Gasteiger partial charge in [0.1, 0.15) is 0 Å². The number of hydrogen-bond acceptors (Lipinski definition) is 4. The van der Waals surface area contributed by atoms with Gasteiger partial charge in [0.25, 0.3) is 0 Å². The van der Waals surface area contributed by atoms with E-state index in [9.17, 15) is 9.59 Å². The Kier molecular flexibility index (Phi) is 8.35. The van der Waals surface area contributed by atoms with Crippen molar-refractivity contribution in [3.05, 3.63) is 0 Å². The number of hydrogen-bond donors (Lipinski definition) is 1. The van der Waals surface area contributed by atoms with Crippen molar-refractivity contribution in [2.24, 2.45) is 0 Å². The summed E-state index contributed by atoms with van der Waals surface area (Å²) in [5.74, 6) is -1.14. The summed E-state index contributed by atoms with van der Waals surface area (Å²) in [5.41, 5.74) is 0. The molecule has 0 aromatic heterocycles. The van der Waals surface area contributed by atoms with Gasteiger partial charge in [-0.2, -0.15) is 0 Å². The molecule has 0 rings (SSSR count). The van der Waals surface area contributed by atoms with Crippen molar-refractivity contribution in [3.63, 3.8) is 0 Å². The van der Waals surface area contributed by atoms with Crippen LogP contribution in [0.15, 0.2) is 0 Å². The molecule has 0 aromatic carbocycles. The summed E-state index contributed by atoms with van der Waals surface area (Å²) >= 11 is 0. The van der Waals surface area contributed by atoms with Crippen molar-refractivity contribution in [3.8, 4) is 0 Å². The first-order valence-corrected chi connectivity index (χ1v) is 5.60. The van der Waals surface area contributed by atoms with Crippen LogP contribution < -0.4 is 5.32 Å². The second-order valence-corrected chi connectivity index (χ2v) is 3.91. The van der Waals surface area contributed by atoms with E-state index in [-0.39, 0.29) is 6.04 Å². The molecule has 0 bridgehead atoms. The summed E-state index contributed by atoms with van der Waals surface area (Å²) in [6, 6.07) is -0.0573. The first kappa shape index (κ1) is 15.9. The summed E-state index contributed by atoms with van der Waals surface area (Å²) < 4.78 is 9.79. The Bertz CT molecular complexity index is 236. The van der Waals surface area contributed by atoms with E-state index >= 15 is 0 Å². The molecule has 0 fully saturated rings. The fraction of sp³-hybridized carbons (Fsp3) is 0.818. The van der Waals surface area contributed by atoms with Crippen molar-refractivity contribution >= 4 is 11.8 Å². The molecule has 0 aliphatic rings. The van der Waals surface area contributed by atoms with Crippen molar-refractivity contribution in [1.82, 2.24) is 10.2 Å². The standard InChI is InChI=1S/C11H22N2O4/c1-9(2)12-10(14)11(15)13(5-7-16-3)6-8-17-4/h9H,5-8H2,1-4H3,(H,12,14). The number of methoxy groups -OCH3 is 2. The molecule has 0 saturated heterocycles. The van der Waals surface area contributed by atoms with Gasteiger partial charge in [-0.1, -0.05) is 0 Å². The van der Waals surface area contributed by atoms with Crippen molar-refractivity contribution < 1.29 is 19.1 Å². The van der Waals surface area contributed by atoms with Gasteiger partial charge in [-0.25, -0.2) is 0 Å². The number of carbonyl (C=O) groups excluding carboxylic acids is 2. The molecule has 0 aliphatic heterocycles. The van der Waals surface area contributed by atoms with E-state index in [0.717, 1.165) is 0 Å². The number of amides is 2. The van der Waals surface area contributed by atoms with Gasteiger partial charge in [0.15, 0.2) is 0 Å². The third-order valence-electron chi connectivity index (χ3n) is 2.03. The van der Waals surface area contributed by atoms with E-state index in [0.29, 0.717) is 26.3 Å². The van der Waals surface area contributed by atoms with Crippen molar-refractivity contribution in [2.75, 3.05) is 40.5 Å². The Balaban J connectivity index is 4.33. The minimum Gasteiger partial charge on any atom is -0.383 e. The lowest BCUT2D eigenvalue weighted by atomic mass is 10.3. The predicted molar refractivity (Wildman–Crippen MR) is 63.6 cm³/mol. The maximum atomic E-state index is 11.8. The van der Waals surface area contributed by atoms with Gasteiger partial charge in [-0.15, -0.1) is 0 Å². The summed E-state index contributed by atoms with van der Waals surface area (Å²) in [6.45, 7) is 5.16. The SMILES string of the molecule is COCCN(CCOC)C(=O)C(=O)NC(C)C. The highest BCUT2D eigenvalue weighted by Gasteiger charge is 2.21. The fourth-order valence-electron chi connectivity index (χ4n) is 1.19. The molecule has 6 heteroatoms. The number of nitrogens with one attached hydrogen (secondary N) is 1. The molecule has 0 heterocycles. The van der Waals surface area contributed by atoms with Crippen LogP contribution in [-0.4, -0.2) is 63.3 Å². The molecule has 0 unspecified atom stereocenters. The lowest BCUT2D eigenvalue weighted by molar-refractivity contribution is -0.146. The lowest BCUT2D eigenvalue weighted by Gasteiger charge is -2.21. The maximum absolute atomic E-state index is 11.8. The zero-order chi connectivity index (χ0) is 13.3. The van der Waals surface area contributed by atoms with Crippen LogP contribution in [0.1, 0.15) is 13.8 Å². The molecular weight excluding hydrogens is 224 g/mol. The van der Waals surface area contributed by atoms with Gasteiger partial charge >= 0.3 is 11.8 Å². The first-order valence-electron chi connectivity index (χ1n) is 5.60. The van der Waals surface area contributed by atoms with Gasteiger partial charge in [0, 0.05) is 33.4 Å². The molecule has 6 nitrogen and oxygen atoms in total. The van der Waals surface area contributed by atoms with E-state index in [1.54, 1.807) is 28.1 Å². The molecule has 0 spiro atoms. The monoisotopic (exact) mass is 246 g/mol. The van der Waals surface area contributed by atoms with Gasteiger partial charge < -0.3 is 19.7 Å². The zero-order valence-corrected chi connectivity index (χ0v) is 11.0. The largest absolute Gasteiger partial charge is 0.383 e. The molecule has 0 radical (unpaired) electrons. The van der Waals surface area contributed by atoms with E-state index in [1.807, 2.05) is 0 Å². The number of rotatable bonds is 7. The second-order valence-electron chi connectivity index (χ2n) is 3.91. The second kappa shape index (κ2) is 8.95. The molecule has 17 heavy (non-hydrogen) atoms. The highest BCUT2D eigenvalue weighted by Crippen LogP contribution is 1.92. The fourth-order valence-corrected chi connectivity index (χ4v) is 1.19. The molecule has 2 amide bonds. The van der Waals surface area contributed by atoms with E-state index < -0.39 is 11.8 Å². The summed E-state index contributed by atoms with van der Waals surface area (Å²) in [6.07, 6.45) is 0. The van der Waals surface area contributed by atoms with Crippen LogP contribution in [0.3, 0.4) is 0 Å². The zero-order valence-electron chi connectivity index (χ0n) is 11.0. The molecular formula is C11H22N2O4. The highest BCUT2D eigenvalue weighted by molar-refractivity contribution is 6.35. The quantitative estimate of drug-likeness (QED) is 0.622. The molecule has 0 aliphatic carbocycles. The summed E-state index contributed by atoms with van der Waals surface area (Å²) in [7, 11) is 3.10. The van der Waals surface area contributed by atoms with E-state index in [2.05, 4.69) is 5.32 Å². The van der Waals surface area contributed by atoms with Crippen molar-refractivity contribution in [1.29, 1.82) is 0 Å². The number of carbonyl (C=O) groups is 2. The topological polar surface area (TPSA) is 67.9 Å². The predicted octanol–water partition coefficient (Wildman–Crippen LogP) is -0.368. The third-order valence-corrected chi connectivity index (χ3v) is 2.03. The van der Waals surface area contributed by atoms with Crippen LogP contribution in [0.2, 0.25) is 0 Å². The van der Waals surface area contributed by atoms with E-state index in [1.165, 1.54) is 4.90 Å². The Morgan fingerprint density at radius 1 is 1.12 bits per heavy atom. The maximum Gasteiger partial charge on any atom is 0.312 e. The normalized spacial score (nSPS) is 10.4. The Labute approximate surface area is 102 Å². The molecule has 0 saturated carbocycles. The number of nitrogens with zero attached hydrogens (tertiary/aromatic N) is 1. The van der Waals surface area contributed by atoms with Gasteiger partial charge in [-0.05, 0) is 13.8 Å². The van der Waals surface area contributed by atoms with Crippen molar-refractivity contribution in [2.45, 2.75) is 19.9 Å². The molecule has 1 N–H and O–H groups in total. The molecule has 100 valence electrons. The molecule has 0 atom stereocenters. The van der Waals surface area contributed by atoms with Crippen LogP contribution >= 0.6 is 0 Å². The summed E-state index contributed by atoms with van der Waals surface area (Å²) in [4.78, 5) is 24.8. The van der Waals surface area contributed by atoms with Gasteiger partial charge in [-0.3, -0.25) is 9.59 Å². The van der Waals surface area contributed by atoms with Crippen LogP contribution in [-0.2, 0) is 19.1 Å². The number of ether oxygens (including phenoxy) is 2. The Hall–Kier alpha value is -1.14. The van der Waals surface area contributed by atoms with Gasteiger partial charge in [0.05, 0.1) is 13.2 Å². The first-order chi connectivity index (χ1) is 8.02. The average molecular weight is 246 g/mol. The average Bonchev–Trinajstić information content (AvgIpc) is 2.27. The smallest absolute Gasteiger partial charge is 0.312 e. The Morgan fingerprint density at radius 2 is 1.59 bits per heavy atom. The third kappa shape index (κ3) is 6.91. The lowest BCUT2D eigenvalue weighted by Crippen LogP contribution is -2.47. The van der Waals surface area contributed by atoms with Crippen LogP contribution in [0.4, 0.5) is 0 Å². The molecule has 0 aromatic rings. The van der Waals surface area contributed by atoms with E-state index in [4.69, 9.17) is 9.47 Å². The van der Waals surface area contributed by atoms with Crippen LogP contribution in [0.5, 0.6) is 0 Å². The minimum absolute atomic E-state index is 0.0573. The highest BCUT2D eigenvalue weighted by atomic mass is 16.5. The van der Waals surface area contributed by atoms with Crippen LogP contribution in [0.25, 0.3) is 0 Å².